The summed E-state index contributed by atoms with van der Waals surface area (Å²) < 4.78 is 55.9. The van der Waals surface area contributed by atoms with Crippen LogP contribution < -0.4 is 4.74 Å². The van der Waals surface area contributed by atoms with E-state index in [1.165, 1.54) is 30.1 Å². The molecule has 2 rings (SSSR count). The first-order chi connectivity index (χ1) is 11.3. The summed E-state index contributed by atoms with van der Waals surface area (Å²) in [6, 6.07) is 7.65. The van der Waals surface area contributed by atoms with Crippen LogP contribution in [0.3, 0.4) is 0 Å². The molecule has 0 saturated carbocycles. The molecule has 0 spiro atoms. The van der Waals surface area contributed by atoms with Crippen molar-refractivity contribution in [1.29, 1.82) is 0 Å². The van der Waals surface area contributed by atoms with Gasteiger partial charge in [-0.3, -0.25) is 9.78 Å². The molecule has 24 heavy (non-hydrogen) atoms. The first-order valence-corrected chi connectivity index (χ1v) is 6.95. The Balaban J connectivity index is 1.91. The number of rotatable bonds is 5. The summed E-state index contributed by atoms with van der Waals surface area (Å²) in [5, 5.41) is 0. The van der Waals surface area contributed by atoms with Gasteiger partial charge in [-0.25, -0.2) is 4.39 Å². The van der Waals surface area contributed by atoms with Gasteiger partial charge in [0.05, 0.1) is 12.1 Å². The second-order valence-electron chi connectivity index (χ2n) is 4.94. The number of para-hydroxylation sites is 1. The summed E-state index contributed by atoms with van der Waals surface area (Å²) in [6.45, 7) is 0.172. The highest BCUT2D eigenvalue weighted by molar-refractivity contribution is 5.93. The molecule has 2 aromatic rings. The van der Waals surface area contributed by atoms with Crippen molar-refractivity contribution in [3.63, 3.8) is 0 Å². The third-order valence-electron chi connectivity index (χ3n) is 3.17. The Hall–Kier alpha value is -2.64. The summed E-state index contributed by atoms with van der Waals surface area (Å²) in [5.41, 5.74) is -1.04. The van der Waals surface area contributed by atoms with Crippen LogP contribution in [0.1, 0.15) is 16.1 Å². The lowest BCUT2D eigenvalue weighted by molar-refractivity contribution is -0.141. The van der Waals surface area contributed by atoms with E-state index in [0.717, 1.165) is 18.3 Å². The minimum atomic E-state index is -4.55. The van der Waals surface area contributed by atoms with Crippen LogP contribution in [-0.4, -0.2) is 36.0 Å². The number of hydrogen-bond donors (Lipinski definition) is 0. The van der Waals surface area contributed by atoms with Crippen molar-refractivity contribution in [2.75, 3.05) is 20.2 Å². The number of amides is 1. The second-order valence-corrected chi connectivity index (χ2v) is 4.94. The molecule has 1 aromatic carbocycles. The molecule has 0 atom stereocenters. The molecule has 0 aliphatic carbocycles. The van der Waals surface area contributed by atoms with E-state index in [0.29, 0.717) is 0 Å². The van der Waals surface area contributed by atoms with E-state index in [2.05, 4.69) is 4.98 Å². The van der Waals surface area contributed by atoms with E-state index in [1.807, 2.05) is 0 Å². The lowest BCUT2D eigenvalue weighted by atomic mass is 10.2. The van der Waals surface area contributed by atoms with Crippen molar-refractivity contribution in [2.45, 2.75) is 6.18 Å². The van der Waals surface area contributed by atoms with Crippen LogP contribution in [-0.2, 0) is 6.18 Å². The smallest absolute Gasteiger partial charge is 0.433 e. The quantitative estimate of drug-likeness (QED) is 0.782. The average Bonchev–Trinajstić information content (AvgIpc) is 2.55. The Morgan fingerprint density at radius 1 is 1.21 bits per heavy atom. The van der Waals surface area contributed by atoms with Crippen molar-refractivity contribution in [3.05, 3.63) is 59.7 Å². The van der Waals surface area contributed by atoms with Gasteiger partial charge < -0.3 is 9.64 Å². The average molecular weight is 342 g/mol. The lowest BCUT2D eigenvalue weighted by Gasteiger charge is -2.17. The Bertz CT molecular complexity index is 702. The van der Waals surface area contributed by atoms with Crippen LogP contribution in [0.5, 0.6) is 5.75 Å². The number of aromatic nitrogens is 1. The van der Waals surface area contributed by atoms with Gasteiger partial charge in [-0.15, -0.1) is 0 Å². The van der Waals surface area contributed by atoms with E-state index in [4.69, 9.17) is 4.74 Å². The molecule has 0 fully saturated rings. The van der Waals surface area contributed by atoms with Gasteiger partial charge >= 0.3 is 6.18 Å². The third-order valence-corrected chi connectivity index (χ3v) is 3.17. The highest BCUT2D eigenvalue weighted by Crippen LogP contribution is 2.27. The standard InChI is InChI=1S/C16H14F4N2O2/c1-22(8-9-24-13-5-3-2-4-12(13)17)15(23)11-6-7-14(21-10-11)16(18,19)20/h2-7,10H,8-9H2,1H3. The molecule has 0 radical (unpaired) electrons. The predicted octanol–water partition coefficient (Wildman–Crippen LogP) is 3.39. The number of carbonyl (C=O) groups is 1. The zero-order valence-electron chi connectivity index (χ0n) is 12.7. The van der Waals surface area contributed by atoms with Crippen molar-refractivity contribution >= 4 is 5.91 Å². The van der Waals surface area contributed by atoms with Crippen LogP contribution in [0.2, 0.25) is 0 Å². The van der Waals surface area contributed by atoms with E-state index in [9.17, 15) is 22.4 Å². The van der Waals surface area contributed by atoms with Gasteiger partial charge in [0, 0.05) is 13.2 Å². The lowest BCUT2D eigenvalue weighted by Crippen LogP contribution is -2.31. The SMILES string of the molecule is CN(CCOc1ccccc1F)C(=O)c1ccc(C(F)(F)F)nc1. The Kier molecular flexibility index (Phi) is 5.38. The number of alkyl halides is 3. The van der Waals surface area contributed by atoms with Gasteiger partial charge in [0.1, 0.15) is 12.3 Å². The second kappa shape index (κ2) is 7.29. The number of nitrogens with zero attached hydrogens (tertiary/aromatic N) is 2. The maximum atomic E-state index is 13.4. The van der Waals surface area contributed by atoms with Gasteiger partial charge in [-0.1, -0.05) is 12.1 Å². The first kappa shape index (κ1) is 17.7. The van der Waals surface area contributed by atoms with E-state index >= 15 is 0 Å². The molecule has 8 heteroatoms. The highest BCUT2D eigenvalue weighted by Gasteiger charge is 2.32. The number of pyridine rings is 1. The van der Waals surface area contributed by atoms with Crippen LogP contribution in [0.15, 0.2) is 42.6 Å². The molecule has 0 saturated heterocycles. The number of benzene rings is 1. The molecule has 0 N–H and O–H groups in total. The molecule has 0 unspecified atom stereocenters. The minimum absolute atomic E-state index is 0.0244. The molecule has 4 nitrogen and oxygen atoms in total. The summed E-state index contributed by atoms with van der Waals surface area (Å²) in [5.74, 6) is -0.957. The summed E-state index contributed by atoms with van der Waals surface area (Å²) in [7, 11) is 1.46. The Morgan fingerprint density at radius 3 is 2.50 bits per heavy atom. The first-order valence-electron chi connectivity index (χ1n) is 6.95. The fraction of sp³-hybridized carbons (Fsp3) is 0.250. The van der Waals surface area contributed by atoms with Gasteiger partial charge in [-0.2, -0.15) is 13.2 Å². The van der Waals surface area contributed by atoms with E-state index in [1.54, 1.807) is 6.07 Å². The number of likely N-dealkylation sites (N-methyl/N-ethyl adjacent to an activating group) is 1. The van der Waals surface area contributed by atoms with E-state index < -0.39 is 23.6 Å². The summed E-state index contributed by atoms with van der Waals surface area (Å²) in [4.78, 5) is 16.6. The minimum Gasteiger partial charge on any atom is -0.489 e. The number of carbonyl (C=O) groups excluding carboxylic acids is 1. The van der Waals surface area contributed by atoms with Gasteiger partial charge in [0.2, 0.25) is 0 Å². The normalized spacial score (nSPS) is 11.2. The molecular weight excluding hydrogens is 328 g/mol. The molecule has 0 bridgehead atoms. The number of ether oxygens (including phenoxy) is 1. The summed E-state index contributed by atoms with van der Waals surface area (Å²) in [6.07, 6.45) is -3.68. The van der Waals surface area contributed by atoms with Crippen LogP contribution in [0.25, 0.3) is 0 Å². The predicted molar refractivity (Wildman–Crippen MR) is 78.1 cm³/mol. The molecule has 1 amide bonds. The largest absolute Gasteiger partial charge is 0.489 e. The maximum Gasteiger partial charge on any atom is 0.433 e. The Labute approximate surface area is 135 Å². The zero-order valence-corrected chi connectivity index (χ0v) is 12.7. The van der Waals surface area contributed by atoms with Crippen LogP contribution >= 0.6 is 0 Å². The van der Waals surface area contributed by atoms with Crippen molar-refractivity contribution < 1.29 is 27.1 Å². The Morgan fingerprint density at radius 2 is 1.92 bits per heavy atom. The third kappa shape index (κ3) is 4.43. The molecule has 1 heterocycles. The van der Waals surface area contributed by atoms with Crippen LogP contribution in [0, 0.1) is 5.82 Å². The molecule has 1 aromatic heterocycles. The number of hydrogen-bond acceptors (Lipinski definition) is 3. The van der Waals surface area contributed by atoms with Crippen molar-refractivity contribution in [1.82, 2.24) is 9.88 Å². The molecule has 0 aliphatic heterocycles. The number of halogens is 4. The van der Waals surface area contributed by atoms with Gasteiger partial charge in [0.25, 0.3) is 5.91 Å². The van der Waals surface area contributed by atoms with Crippen LogP contribution in [0.4, 0.5) is 17.6 Å². The highest BCUT2D eigenvalue weighted by atomic mass is 19.4. The van der Waals surface area contributed by atoms with E-state index in [-0.39, 0.29) is 24.5 Å². The fourth-order valence-corrected chi connectivity index (χ4v) is 1.86. The topological polar surface area (TPSA) is 42.4 Å². The van der Waals surface area contributed by atoms with Gasteiger partial charge in [0.15, 0.2) is 11.6 Å². The van der Waals surface area contributed by atoms with Gasteiger partial charge in [-0.05, 0) is 24.3 Å². The molecule has 0 aliphatic rings. The van der Waals surface area contributed by atoms with Crippen molar-refractivity contribution in [2.24, 2.45) is 0 Å². The molecule has 128 valence electrons. The maximum absolute atomic E-state index is 13.4. The fourth-order valence-electron chi connectivity index (χ4n) is 1.86. The monoisotopic (exact) mass is 342 g/mol. The molecular formula is C16H14F4N2O2. The van der Waals surface area contributed by atoms with Crippen molar-refractivity contribution in [3.8, 4) is 5.75 Å². The summed E-state index contributed by atoms with van der Waals surface area (Å²) >= 11 is 0. The zero-order chi connectivity index (χ0) is 17.7.